The Morgan fingerprint density at radius 2 is 2.09 bits per heavy atom. The van der Waals surface area contributed by atoms with Gasteiger partial charge in [-0.3, -0.25) is 9.48 Å². The van der Waals surface area contributed by atoms with Gasteiger partial charge in [0.05, 0.1) is 11.2 Å². The zero-order valence-corrected chi connectivity index (χ0v) is 14.2. The fraction of sp³-hybridized carbons (Fsp3) is 0.588. The summed E-state index contributed by atoms with van der Waals surface area (Å²) in [6.07, 6.45) is 4.70. The van der Waals surface area contributed by atoms with Crippen LogP contribution in [0.15, 0.2) is 12.3 Å². The lowest BCUT2D eigenvalue weighted by atomic mass is 10.2. The van der Waals surface area contributed by atoms with Crippen molar-refractivity contribution in [3.8, 4) is 0 Å². The van der Waals surface area contributed by atoms with E-state index in [1.54, 1.807) is 0 Å². The summed E-state index contributed by atoms with van der Waals surface area (Å²) < 4.78 is 2.00. The second kappa shape index (κ2) is 6.90. The highest BCUT2D eigenvalue weighted by atomic mass is 16.2. The van der Waals surface area contributed by atoms with Crippen LogP contribution in [0.25, 0.3) is 10.9 Å². The first-order valence-electron chi connectivity index (χ1n) is 8.28. The van der Waals surface area contributed by atoms with Crippen molar-refractivity contribution in [2.75, 3.05) is 5.32 Å². The summed E-state index contributed by atoms with van der Waals surface area (Å²) in [7, 11) is 0. The average Bonchev–Trinajstić information content (AvgIpc) is 3.30. The molecule has 0 unspecified atom stereocenters. The third-order valence-corrected chi connectivity index (χ3v) is 3.69. The molecular weight excluding hydrogens is 276 g/mol. The maximum atomic E-state index is 11.8. The number of nitrogens with one attached hydrogen (secondary N) is 1. The van der Waals surface area contributed by atoms with Crippen molar-refractivity contribution in [2.24, 2.45) is 5.92 Å². The normalized spacial score (nSPS) is 13.9. The molecule has 22 heavy (non-hydrogen) atoms. The maximum absolute atomic E-state index is 11.8. The predicted molar refractivity (Wildman–Crippen MR) is 90.0 cm³/mol. The number of rotatable bonds is 4. The summed E-state index contributed by atoms with van der Waals surface area (Å²) in [5, 5.41) is 8.61. The summed E-state index contributed by atoms with van der Waals surface area (Å²) in [4.78, 5) is 16.2. The topological polar surface area (TPSA) is 59.8 Å². The zero-order chi connectivity index (χ0) is 16.3. The number of fused-ring (bicyclic) bond motifs is 1. The lowest BCUT2D eigenvalue weighted by Gasteiger charge is -2.08. The van der Waals surface area contributed by atoms with E-state index in [9.17, 15) is 4.79 Å². The van der Waals surface area contributed by atoms with Crippen LogP contribution in [0, 0.1) is 5.92 Å². The lowest BCUT2D eigenvalue weighted by molar-refractivity contribution is -0.117. The first kappa shape index (κ1) is 16.5. The van der Waals surface area contributed by atoms with Crippen LogP contribution in [-0.4, -0.2) is 20.7 Å². The number of aryl methyl sites for hydroxylation is 1. The van der Waals surface area contributed by atoms with Gasteiger partial charge in [0, 0.05) is 29.6 Å². The second-order valence-corrected chi connectivity index (χ2v) is 5.69. The van der Waals surface area contributed by atoms with Crippen molar-refractivity contribution in [3.05, 3.63) is 18.0 Å². The summed E-state index contributed by atoms with van der Waals surface area (Å²) in [6.45, 7) is 10.3. The Bertz CT molecular complexity index is 656. The molecule has 0 aromatic carbocycles. The van der Waals surface area contributed by atoms with Crippen LogP contribution >= 0.6 is 0 Å². The minimum Gasteiger partial charge on any atom is -0.310 e. The largest absolute Gasteiger partial charge is 0.310 e. The van der Waals surface area contributed by atoms with Gasteiger partial charge >= 0.3 is 0 Å². The first-order chi connectivity index (χ1) is 10.6. The Morgan fingerprint density at radius 3 is 2.64 bits per heavy atom. The number of amides is 1. The maximum Gasteiger partial charge on any atom is 0.228 e. The van der Waals surface area contributed by atoms with Gasteiger partial charge in [0.1, 0.15) is 5.82 Å². The van der Waals surface area contributed by atoms with Gasteiger partial charge in [-0.2, -0.15) is 5.10 Å². The molecule has 1 amide bonds. The number of hydrogen-bond donors (Lipinski definition) is 1. The van der Waals surface area contributed by atoms with Gasteiger partial charge in [0.2, 0.25) is 5.91 Å². The first-order valence-corrected chi connectivity index (χ1v) is 8.28. The van der Waals surface area contributed by atoms with E-state index < -0.39 is 0 Å². The van der Waals surface area contributed by atoms with Crippen LogP contribution in [0.4, 0.5) is 5.82 Å². The monoisotopic (exact) mass is 302 g/mol. The van der Waals surface area contributed by atoms with Gasteiger partial charge in [0.15, 0.2) is 0 Å². The summed E-state index contributed by atoms with van der Waals surface area (Å²) in [6, 6.07) is 2.22. The molecule has 0 bridgehead atoms. The van der Waals surface area contributed by atoms with E-state index in [4.69, 9.17) is 0 Å². The van der Waals surface area contributed by atoms with E-state index in [-0.39, 0.29) is 17.9 Å². The Balaban J connectivity index is 0.000000847. The van der Waals surface area contributed by atoms with Crippen LogP contribution in [0.5, 0.6) is 0 Å². The van der Waals surface area contributed by atoms with Crippen LogP contribution in [-0.2, 0) is 11.2 Å². The van der Waals surface area contributed by atoms with E-state index in [0.29, 0.717) is 5.82 Å². The number of pyridine rings is 1. The molecule has 0 aliphatic heterocycles. The van der Waals surface area contributed by atoms with Gasteiger partial charge in [-0.25, -0.2) is 4.98 Å². The molecule has 0 radical (unpaired) electrons. The summed E-state index contributed by atoms with van der Waals surface area (Å²) in [5.74, 6) is 0.899. The minimum absolute atomic E-state index is 0.0863. The summed E-state index contributed by atoms with van der Waals surface area (Å²) >= 11 is 0. The third kappa shape index (κ3) is 3.29. The predicted octanol–water partition coefficient (Wildman–Crippen LogP) is 3.95. The number of carbonyl (C=O) groups is 1. The smallest absolute Gasteiger partial charge is 0.228 e. The van der Waals surface area contributed by atoms with Gasteiger partial charge in [0.25, 0.3) is 0 Å². The molecule has 0 spiro atoms. The van der Waals surface area contributed by atoms with E-state index in [0.717, 1.165) is 35.9 Å². The molecule has 120 valence electrons. The van der Waals surface area contributed by atoms with Crippen LogP contribution in [0.2, 0.25) is 0 Å². The molecule has 2 aromatic rings. The van der Waals surface area contributed by atoms with Crippen molar-refractivity contribution < 1.29 is 4.79 Å². The van der Waals surface area contributed by atoms with Crippen LogP contribution in [0.3, 0.4) is 0 Å². The number of carbonyl (C=O) groups excluding carboxylic acids is 1. The Morgan fingerprint density at radius 1 is 1.41 bits per heavy atom. The summed E-state index contributed by atoms with van der Waals surface area (Å²) in [5.41, 5.74) is 2.10. The van der Waals surface area contributed by atoms with Crippen molar-refractivity contribution in [1.29, 1.82) is 0 Å². The molecule has 1 fully saturated rings. The molecule has 1 saturated carbocycles. The number of anilines is 1. The highest BCUT2D eigenvalue weighted by Crippen LogP contribution is 2.30. The number of nitrogens with zero attached hydrogens (tertiary/aromatic N) is 3. The molecule has 2 heterocycles. The highest BCUT2D eigenvalue weighted by Gasteiger charge is 2.29. The molecule has 1 N–H and O–H groups in total. The molecule has 5 heteroatoms. The zero-order valence-electron chi connectivity index (χ0n) is 14.2. The molecule has 3 rings (SSSR count). The molecule has 0 atom stereocenters. The number of aromatic nitrogens is 3. The van der Waals surface area contributed by atoms with Gasteiger partial charge in [-0.15, -0.1) is 0 Å². The van der Waals surface area contributed by atoms with E-state index in [2.05, 4.69) is 36.2 Å². The fourth-order valence-electron chi connectivity index (χ4n) is 2.39. The standard InChI is InChI=1S/C15H20N4O.C2H6/c1-4-12-11-8-16-14(17-15(20)10-5-6-10)7-13(11)19(18-12)9(2)3;1-2/h7-10H,4-6H2,1-3H3,(H,16,17,20);1-2H3. The second-order valence-electron chi connectivity index (χ2n) is 5.69. The lowest BCUT2D eigenvalue weighted by Crippen LogP contribution is -2.14. The molecule has 2 aromatic heterocycles. The Labute approximate surface area is 132 Å². The van der Waals surface area contributed by atoms with Crippen molar-refractivity contribution >= 4 is 22.6 Å². The van der Waals surface area contributed by atoms with Gasteiger partial charge in [-0.1, -0.05) is 20.8 Å². The average molecular weight is 302 g/mol. The SMILES string of the molecule is CC.CCc1nn(C(C)C)c2cc(NC(=O)C3CC3)ncc12. The van der Waals surface area contributed by atoms with Crippen molar-refractivity contribution in [1.82, 2.24) is 14.8 Å². The van der Waals surface area contributed by atoms with E-state index >= 15 is 0 Å². The van der Waals surface area contributed by atoms with Gasteiger partial charge in [-0.05, 0) is 33.1 Å². The van der Waals surface area contributed by atoms with Crippen molar-refractivity contribution in [2.45, 2.75) is 59.9 Å². The molecule has 1 aliphatic carbocycles. The highest BCUT2D eigenvalue weighted by molar-refractivity contribution is 5.95. The Hall–Kier alpha value is -1.91. The van der Waals surface area contributed by atoms with E-state index in [1.807, 2.05) is 30.8 Å². The quantitative estimate of drug-likeness (QED) is 0.930. The molecule has 0 saturated heterocycles. The third-order valence-electron chi connectivity index (χ3n) is 3.69. The van der Waals surface area contributed by atoms with E-state index in [1.165, 1.54) is 0 Å². The Kier molecular flexibility index (Phi) is 5.16. The van der Waals surface area contributed by atoms with Crippen LogP contribution in [0.1, 0.15) is 59.2 Å². The van der Waals surface area contributed by atoms with Crippen molar-refractivity contribution in [3.63, 3.8) is 0 Å². The minimum atomic E-state index is 0.0863. The molecule has 5 nitrogen and oxygen atoms in total. The number of hydrogen-bond acceptors (Lipinski definition) is 3. The van der Waals surface area contributed by atoms with Crippen LogP contribution < -0.4 is 5.32 Å². The fourth-order valence-corrected chi connectivity index (χ4v) is 2.39. The molecular formula is C17H26N4O. The molecule has 1 aliphatic rings. The van der Waals surface area contributed by atoms with Gasteiger partial charge < -0.3 is 5.32 Å².